The van der Waals surface area contributed by atoms with Crippen LogP contribution in [0.2, 0.25) is 5.02 Å². The molecule has 3 N–H and O–H groups in total. The summed E-state index contributed by atoms with van der Waals surface area (Å²) in [6, 6.07) is 4.94. The first-order chi connectivity index (χ1) is 5.65. The maximum atomic E-state index is 8.81. The average Bonchev–Trinajstić information content (AvgIpc) is 2.08. The molecule has 0 spiro atoms. The largest absolute Gasteiger partial charge is 0.394 e. The average molecular weight is 251 g/mol. The minimum absolute atomic E-state index is 0.0844. The summed E-state index contributed by atoms with van der Waals surface area (Å²) in [5.74, 6) is 0. The van der Waals surface area contributed by atoms with E-state index in [1.54, 1.807) is 12.1 Å². The van der Waals surface area contributed by atoms with Gasteiger partial charge in [-0.2, -0.15) is 0 Å². The number of aliphatic hydroxyl groups is 1. The quantitative estimate of drug-likeness (QED) is 0.844. The first-order valence-electron chi connectivity index (χ1n) is 3.46. The molecule has 1 unspecified atom stereocenters. The van der Waals surface area contributed by atoms with Crippen LogP contribution in [-0.2, 0) is 0 Å². The Morgan fingerprint density at radius 3 is 2.83 bits per heavy atom. The number of nitrogens with two attached hydrogens (primary N) is 1. The van der Waals surface area contributed by atoms with Gasteiger partial charge in [-0.1, -0.05) is 27.5 Å². The monoisotopic (exact) mass is 249 g/mol. The molecule has 1 aromatic carbocycles. The van der Waals surface area contributed by atoms with Crippen LogP contribution in [0.25, 0.3) is 0 Å². The van der Waals surface area contributed by atoms with E-state index in [1.165, 1.54) is 0 Å². The van der Waals surface area contributed by atoms with E-state index in [1.807, 2.05) is 6.07 Å². The zero-order valence-electron chi connectivity index (χ0n) is 6.30. The molecule has 1 rings (SSSR count). The number of hydrogen-bond acceptors (Lipinski definition) is 2. The van der Waals surface area contributed by atoms with Crippen LogP contribution in [0, 0.1) is 0 Å². The summed E-state index contributed by atoms with van der Waals surface area (Å²) in [6.07, 6.45) is 0. The lowest BCUT2D eigenvalue weighted by molar-refractivity contribution is 0.267. The van der Waals surface area contributed by atoms with E-state index in [0.717, 1.165) is 10.0 Å². The van der Waals surface area contributed by atoms with Crippen molar-refractivity contribution in [1.82, 2.24) is 0 Å². The molecule has 0 saturated carbocycles. The second kappa shape index (κ2) is 4.23. The van der Waals surface area contributed by atoms with Gasteiger partial charge in [-0.15, -0.1) is 0 Å². The van der Waals surface area contributed by atoms with E-state index in [4.69, 9.17) is 22.4 Å². The Hall–Kier alpha value is -0.0900. The molecule has 66 valence electrons. The maximum Gasteiger partial charge on any atom is 0.0624 e. The summed E-state index contributed by atoms with van der Waals surface area (Å²) >= 11 is 9.08. The molecule has 0 aliphatic carbocycles. The first-order valence-corrected chi connectivity index (χ1v) is 4.63. The fourth-order valence-electron chi connectivity index (χ4n) is 0.897. The van der Waals surface area contributed by atoms with Gasteiger partial charge >= 0.3 is 0 Å². The third-order valence-corrected chi connectivity index (χ3v) is 2.51. The zero-order valence-corrected chi connectivity index (χ0v) is 8.64. The SMILES string of the molecule is NC(CO)c1cc(Cl)ccc1Br. The van der Waals surface area contributed by atoms with Gasteiger partial charge in [0.25, 0.3) is 0 Å². The molecular weight excluding hydrogens is 241 g/mol. The Kier molecular flexibility index (Phi) is 3.53. The van der Waals surface area contributed by atoms with Crippen molar-refractivity contribution in [3.8, 4) is 0 Å². The molecule has 1 atom stereocenters. The summed E-state index contributed by atoms with van der Waals surface area (Å²) in [7, 11) is 0. The van der Waals surface area contributed by atoms with Gasteiger partial charge in [-0.3, -0.25) is 0 Å². The van der Waals surface area contributed by atoms with Crippen LogP contribution in [0.4, 0.5) is 0 Å². The van der Waals surface area contributed by atoms with Crippen molar-refractivity contribution in [2.75, 3.05) is 6.61 Å². The number of halogens is 2. The molecule has 4 heteroatoms. The van der Waals surface area contributed by atoms with E-state index in [-0.39, 0.29) is 12.6 Å². The Morgan fingerprint density at radius 1 is 1.58 bits per heavy atom. The number of hydrogen-bond donors (Lipinski definition) is 2. The van der Waals surface area contributed by atoms with E-state index in [2.05, 4.69) is 15.9 Å². The van der Waals surface area contributed by atoms with Crippen LogP contribution in [0.15, 0.2) is 22.7 Å². The van der Waals surface area contributed by atoms with Crippen molar-refractivity contribution in [3.05, 3.63) is 33.3 Å². The minimum atomic E-state index is -0.377. The predicted octanol–water partition coefficient (Wildman–Crippen LogP) is 2.09. The number of rotatable bonds is 2. The van der Waals surface area contributed by atoms with E-state index in [9.17, 15) is 0 Å². The molecule has 1 aromatic rings. The van der Waals surface area contributed by atoms with Crippen LogP contribution in [0.5, 0.6) is 0 Å². The van der Waals surface area contributed by atoms with E-state index >= 15 is 0 Å². The molecule has 2 nitrogen and oxygen atoms in total. The predicted molar refractivity (Wildman–Crippen MR) is 53.2 cm³/mol. The van der Waals surface area contributed by atoms with Gasteiger partial charge in [-0.05, 0) is 23.8 Å². The zero-order chi connectivity index (χ0) is 9.14. The summed E-state index contributed by atoms with van der Waals surface area (Å²) < 4.78 is 0.869. The second-order valence-corrected chi connectivity index (χ2v) is 3.75. The van der Waals surface area contributed by atoms with Gasteiger partial charge in [0, 0.05) is 9.50 Å². The number of aliphatic hydroxyl groups excluding tert-OH is 1. The van der Waals surface area contributed by atoms with Gasteiger partial charge in [0.2, 0.25) is 0 Å². The van der Waals surface area contributed by atoms with E-state index < -0.39 is 0 Å². The second-order valence-electron chi connectivity index (χ2n) is 2.45. The molecule has 0 fully saturated rings. The van der Waals surface area contributed by atoms with Gasteiger partial charge in [0.15, 0.2) is 0 Å². The van der Waals surface area contributed by atoms with Crippen LogP contribution >= 0.6 is 27.5 Å². The van der Waals surface area contributed by atoms with Gasteiger partial charge in [0.05, 0.1) is 12.6 Å². The lowest BCUT2D eigenvalue weighted by Crippen LogP contribution is -2.14. The summed E-state index contributed by atoms with van der Waals surface area (Å²) in [5, 5.41) is 9.44. The van der Waals surface area contributed by atoms with Crippen LogP contribution < -0.4 is 5.73 Å². The van der Waals surface area contributed by atoms with Crippen molar-refractivity contribution < 1.29 is 5.11 Å². The van der Waals surface area contributed by atoms with Gasteiger partial charge in [0.1, 0.15) is 0 Å². The molecule has 12 heavy (non-hydrogen) atoms. The van der Waals surface area contributed by atoms with Crippen LogP contribution in [0.1, 0.15) is 11.6 Å². The molecule has 0 saturated heterocycles. The smallest absolute Gasteiger partial charge is 0.0624 e. The van der Waals surface area contributed by atoms with Crippen molar-refractivity contribution in [3.63, 3.8) is 0 Å². The minimum Gasteiger partial charge on any atom is -0.394 e. The highest BCUT2D eigenvalue weighted by atomic mass is 79.9. The first kappa shape index (κ1) is 9.99. The molecule has 0 radical (unpaired) electrons. The number of benzene rings is 1. The van der Waals surface area contributed by atoms with Crippen molar-refractivity contribution in [2.45, 2.75) is 6.04 Å². The Balaban J connectivity index is 3.04. The summed E-state index contributed by atoms with van der Waals surface area (Å²) in [4.78, 5) is 0. The van der Waals surface area contributed by atoms with Crippen LogP contribution in [0.3, 0.4) is 0 Å². The fraction of sp³-hybridized carbons (Fsp3) is 0.250. The van der Waals surface area contributed by atoms with Crippen LogP contribution in [-0.4, -0.2) is 11.7 Å². The normalized spacial score (nSPS) is 13.0. The highest BCUT2D eigenvalue weighted by Crippen LogP contribution is 2.25. The van der Waals surface area contributed by atoms with Crippen molar-refractivity contribution >= 4 is 27.5 Å². The Morgan fingerprint density at radius 2 is 2.25 bits per heavy atom. The highest BCUT2D eigenvalue weighted by molar-refractivity contribution is 9.10. The van der Waals surface area contributed by atoms with Crippen molar-refractivity contribution in [1.29, 1.82) is 0 Å². The Bertz CT molecular complexity index is 280. The molecule has 0 aromatic heterocycles. The molecule has 0 amide bonds. The highest BCUT2D eigenvalue weighted by Gasteiger charge is 2.08. The Labute approximate surface area is 84.5 Å². The summed E-state index contributed by atoms with van der Waals surface area (Å²) in [5.41, 5.74) is 6.45. The molecule has 0 heterocycles. The maximum absolute atomic E-state index is 8.81. The van der Waals surface area contributed by atoms with Gasteiger partial charge in [-0.25, -0.2) is 0 Å². The summed E-state index contributed by atoms with van der Waals surface area (Å²) in [6.45, 7) is -0.0844. The standard InChI is InChI=1S/C8H9BrClNO/c9-7-2-1-5(10)3-6(7)8(11)4-12/h1-3,8,12H,4,11H2. The molecule has 0 aliphatic heterocycles. The van der Waals surface area contributed by atoms with Crippen molar-refractivity contribution in [2.24, 2.45) is 5.73 Å². The molecule has 0 aliphatic rings. The third-order valence-electron chi connectivity index (χ3n) is 1.55. The van der Waals surface area contributed by atoms with Gasteiger partial charge < -0.3 is 10.8 Å². The molecular formula is C8H9BrClNO. The fourth-order valence-corrected chi connectivity index (χ4v) is 1.62. The lowest BCUT2D eigenvalue weighted by atomic mass is 10.1. The lowest BCUT2D eigenvalue weighted by Gasteiger charge is -2.10. The third kappa shape index (κ3) is 2.20. The van der Waals surface area contributed by atoms with E-state index in [0.29, 0.717) is 5.02 Å². The molecule has 0 bridgehead atoms. The topological polar surface area (TPSA) is 46.2 Å².